The van der Waals surface area contributed by atoms with Gasteiger partial charge in [-0.3, -0.25) is 24.0 Å². The Hall–Kier alpha value is -4.93. The van der Waals surface area contributed by atoms with Gasteiger partial charge in [0.2, 0.25) is 17.6 Å². The van der Waals surface area contributed by atoms with Gasteiger partial charge in [-0.05, 0) is 60.0 Å². The molecule has 0 heterocycles. The molecule has 1 rings (SSSR count). The SMILES string of the molecule is C#CC(=O)[C@H](CO)NC(=O)OCc1ccccc1.C[C@H](CC(=O)[C@H](CO)NC(=O)[C@@H](C)CO)C(=O)OC(C)(C)C.C[C@H](NC(=O)[C@@H](N)CO)C(=O)OC(C)(C)C. The van der Waals surface area contributed by atoms with E-state index in [1.54, 1.807) is 60.6 Å². The summed E-state index contributed by atoms with van der Waals surface area (Å²) in [6.07, 6.45) is 3.94. The minimum absolute atomic E-state index is 0.0784. The Kier molecular flexibility index (Phi) is 25.4. The van der Waals surface area contributed by atoms with E-state index in [9.17, 15) is 38.7 Å². The zero-order valence-corrected chi connectivity index (χ0v) is 33.6. The highest BCUT2D eigenvalue weighted by atomic mass is 16.6. The number of rotatable bonds is 17. The molecule has 1 aromatic rings. The van der Waals surface area contributed by atoms with E-state index in [1.165, 1.54) is 13.8 Å². The second-order valence-electron chi connectivity index (χ2n) is 14.4. The Labute approximate surface area is 328 Å². The number of Topliss-reactive ketones (excluding diaryl/α,β-unsaturated/α-hetero) is 2. The fourth-order valence-electron chi connectivity index (χ4n) is 3.61. The molecule has 6 atom stereocenters. The maximum absolute atomic E-state index is 12.1. The maximum atomic E-state index is 12.1. The van der Waals surface area contributed by atoms with Crippen molar-refractivity contribution >= 4 is 41.4 Å². The van der Waals surface area contributed by atoms with E-state index in [1.807, 2.05) is 24.1 Å². The highest BCUT2D eigenvalue weighted by Gasteiger charge is 2.29. The number of hydrogen-bond acceptors (Lipinski definition) is 15. The molecule has 316 valence electrons. The highest BCUT2D eigenvalue weighted by molar-refractivity contribution is 6.00. The van der Waals surface area contributed by atoms with Crippen LogP contribution in [0.3, 0.4) is 0 Å². The maximum Gasteiger partial charge on any atom is 0.408 e. The average Bonchev–Trinajstić information content (AvgIpc) is 3.13. The Morgan fingerprint density at radius 1 is 0.714 bits per heavy atom. The molecule has 1 aromatic carbocycles. The summed E-state index contributed by atoms with van der Waals surface area (Å²) in [5.41, 5.74) is 4.85. The zero-order chi connectivity index (χ0) is 43.8. The third kappa shape index (κ3) is 24.5. The number of aliphatic hydroxyl groups is 4. The van der Waals surface area contributed by atoms with E-state index >= 15 is 0 Å². The summed E-state index contributed by atoms with van der Waals surface area (Å²) in [5.74, 6) is -2.84. The summed E-state index contributed by atoms with van der Waals surface area (Å²) >= 11 is 0. The second kappa shape index (κ2) is 26.8. The minimum atomic E-state index is -1.13. The molecule has 0 fully saturated rings. The molecule has 56 heavy (non-hydrogen) atoms. The number of esters is 2. The number of nitrogens with one attached hydrogen (secondary N) is 3. The van der Waals surface area contributed by atoms with Crippen LogP contribution in [-0.4, -0.2) is 124 Å². The molecule has 0 saturated carbocycles. The molecule has 9 N–H and O–H groups in total. The van der Waals surface area contributed by atoms with Crippen molar-refractivity contribution in [2.45, 2.75) is 111 Å². The van der Waals surface area contributed by atoms with Gasteiger partial charge in [0.1, 0.15) is 42.0 Å². The molecule has 18 heteroatoms. The third-order valence-corrected chi connectivity index (χ3v) is 6.72. The van der Waals surface area contributed by atoms with E-state index in [4.69, 9.17) is 41.7 Å². The zero-order valence-electron chi connectivity index (χ0n) is 33.6. The number of ether oxygens (including phenoxy) is 3. The highest BCUT2D eigenvalue weighted by Crippen LogP contribution is 2.14. The molecule has 0 spiro atoms. The lowest BCUT2D eigenvalue weighted by molar-refractivity contribution is -0.160. The number of terminal acetylenes is 1. The van der Waals surface area contributed by atoms with Crippen LogP contribution in [0.25, 0.3) is 0 Å². The largest absolute Gasteiger partial charge is 0.460 e. The van der Waals surface area contributed by atoms with Crippen LogP contribution in [0.15, 0.2) is 30.3 Å². The quantitative estimate of drug-likeness (QED) is 0.0433. The Morgan fingerprint density at radius 3 is 1.68 bits per heavy atom. The smallest absolute Gasteiger partial charge is 0.408 e. The number of nitrogens with two attached hydrogens (primary N) is 1. The summed E-state index contributed by atoms with van der Waals surface area (Å²) < 4.78 is 15.1. The van der Waals surface area contributed by atoms with Crippen LogP contribution in [0.4, 0.5) is 4.79 Å². The first-order valence-corrected chi connectivity index (χ1v) is 17.6. The number of alkyl carbamates (subject to hydrolysis) is 1. The molecule has 0 aromatic heterocycles. The van der Waals surface area contributed by atoms with Gasteiger partial charge in [0.25, 0.3) is 0 Å². The van der Waals surface area contributed by atoms with Crippen LogP contribution in [0.2, 0.25) is 0 Å². The van der Waals surface area contributed by atoms with E-state index < -0.39 is 108 Å². The van der Waals surface area contributed by atoms with Gasteiger partial charge in [0.15, 0.2) is 5.78 Å². The van der Waals surface area contributed by atoms with Crippen molar-refractivity contribution in [2.75, 3.05) is 26.4 Å². The summed E-state index contributed by atoms with van der Waals surface area (Å²) in [7, 11) is 0. The molecule has 18 nitrogen and oxygen atoms in total. The summed E-state index contributed by atoms with van der Waals surface area (Å²) in [5, 5.41) is 42.5. The monoisotopic (exact) mass is 796 g/mol. The van der Waals surface area contributed by atoms with Gasteiger partial charge in [0.05, 0.1) is 38.3 Å². The molecule has 0 aliphatic heterocycles. The molecule has 0 aliphatic carbocycles. The number of aliphatic hydroxyl groups excluding tert-OH is 4. The first kappa shape index (κ1) is 53.2. The molecule has 0 saturated heterocycles. The lowest BCUT2D eigenvalue weighted by atomic mass is 9.99. The number of carbonyl (C=O) groups is 7. The van der Waals surface area contributed by atoms with Crippen molar-refractivity contribution in [3.8, 4) is 12.3 Å². The Balaban J connectivity index is 0. The van der Waals surface area contributed by atoms with Gasteiger partial charge < -0.3 is 56.3 Å². The molecule has 0 bridgehead atoms. The fourth-order valence-corrected chi connectivity index (χ4v) is 3.61. The minimum Gasteiger partial charge on any atom is -0.460 e. The van der Waals surface area contributed by atoms with Crippen molar-refractivity contribution in [3.05, 3.63) is 35.9 Å². The summed E-state index contributed by atoms with van der Waals surface area (Å²) in [4.78, 5) is 80.7. The van der Waals surface area contributed by atoms with Crippen LogP contribution in [-0.2, 0) is 49.6 Å². The van der Waals surface area contributed by atoms with Gasteiger partial charge in [-0.1, -0.05) is 44.2 Å². The van der Waals surface area contributed by atoms with E-state index in [-0.39, 0.29) is 19.6 Å². The van der Waals surface area contributed by atoms with Crippen molar-refractivity contribution < 1.29 is 68.2 Å². The number of amides is 3. The van der Waals surface area contributed by atoms with E-state index in [0.717, 1.165) is 5.56 Å². The van der Waals surface area contributed by atoms with E-state index in [0.29, 0.717) is 0 Å². The Bertz CT molecular complexity index is 1450. The molecular formula is C38H60N4O14. The topological polar surface area (TPSA) is 290 Å². The van der Waals surface area contributed by atoms with Gasteiger partial charge in [-0.15, -0.1) is 6.42 Å². The average molecular weight is 797 g/mol. The first-order valence-electron chi connectivity index (χ1n) is 17.6. The van der Waals surface area contributed by atoms with Gasteiger partial charge in [0, 0.05) is 6.42 Å². The van der Waals surface area contributed by atoms with Gasteiger partial charge in [-0.2, -0.15) is 0 Å². The standard InChI is InChI=1S/C15H27NO6.C13H13NO4.C10H20N2O4/c1-9(14(21)22-15(3,4)5)6-12(19)11(8-18)16-13(20)10(2)7-17;1-2-12(16)11(8-15)14-13(17)18-9-10-6-4-3-5-7-10;1-6(9(15)16-10(2,3)4)12-8(14)7(11)5-13/h9-11,17-18H,6-8H2,1-5H3,(H,16,20);1,3-7,11,15H,8-9H2,(H,14,17);6-7,13H,5,11H2,1-4H3,(H,12,14)/t9-,10+,11+;11-;6-,7-/m100/s1. The van der Waals surface area contributed by atoms with Crippen molar-refractivity contribution in [1.29, 1.82) is 0 Å². The predicted molar refractivity (Wildman–Crippen MR) is 203 cm³/mol. The summed E-state index contributed by atoms with van der Waals surface area (Å²) in [6.45, 7) is 13.1. The molecule has 0 unspecified atom stereocenters. The molecular weight excluding hydrogens is 736 g/mol. The lowest BCUT2D eigenvalue weighted by Crippen LogP contribution is -2.49. The number of ketones is 2. The van der Waals surface area contributed by atoms with Crippen LogP contribution < -0.4 is 21.7 Å². The van der Waals surface area contributed by atoms with Gasteiger partial charge >= 0.3 is 18.0 Å². The van der Waals surface area contributed by atoms with E-state index in [2.05, 4.69) is 16.0 Å². The second-order valence-corrected chi connectivity index (χ2v) is 14.4. The van der Waals surface area contributed by atoms with Crippen molar-refractivity contribution in [3.63, 3.8) is 0 Å². The van der Waals surface area contributed by atoms with Crippen LogP contribution in [0.1, 0.15) is 74.3 Å². The third-order valence-electron chi connectivity index (χ3n) is 6.72. The van der Waals surface area contributed by atoms with Crippen LogP contribution in [0.5, 0.6) is 0 Å². The number of carbonyl (C=O) groups excluding carboxylic acids is 7. The molecule has 0 aliphatic rings. The normalized spacial score (nSPS) is 14.0. The Morgan fingerprint density at radius 2 is 1.23 bits per heavy atom. The predicted octanol–water partition coefficient (Wildman–Crippen LogP) is -0.343. The fraction of sp³-hybridized carbons (Fsp3) is 0.605. The van der Waals surface area contributed by atoms with Crippen molar-refractivity contribution in [2.24, 2.45) is 17.6 Å². The number of hydrogen-bond donors (Lipinski definition) is 8. The van der Waals surface area contributed by atoms with Crippen molar-refractivity contribution in [1.82, 2.24) is 16.0 Å². The lowest BCUT2D eigenvalue weighted by Gasteiger charge is -2.23. The van der Waals surface area contributed by atoms with Gasteiger partial charge in [-0.25, -0.2) is 9.59 Å². The molecule has 3 amide bonds. The van der Waals surface area contributed by atoms with Crippen LogP contribution >= 0.6 is 0 Å². The molecule has 0 radical (unpaired) electrons. The van der Waals surface area contributed by atoms with Crippen LogP contribution in [0, 0.1) is 24.2 Å². The number of benzene rings is 1. The first-order chi connectivity index (χ1) is 25.9. The summed E-state index contributed by atoms with van der Waals surface area (Å²) in [6, 6.07) is 5.03.